The largest absolute Gasteiger partial charge is 0.419 e. The lowest BCUT2D eigenvalue weighted by atomic mass is 9.92. The van der Waals surface area contributed by atoms with Gasteiger partial charge in [-0.15, -0.1) is 0 Å². The first-order valence-electron chi connectivity index (χ1n) is 7.37. The standard InChI is InChI=1S/C14H22F3N3/c1-2-18-12-7-5-3-4-6-8-13(12)20-10-11(9-19-20)14(15,16)17/h9-10,12-13,18H,2-8H2,1H3. The fourth-order valence-corrected chi connectivity index (χ4v) is 2.95. The van der Waals surface area contributed by atoms with Gasteiger partial charge in [-0.3, -0.25) is 4.68 Å². The van der Waals surface area contributed by atoms with E-state index in [1.807, 2.05) is 6.92 Å². The number of nitrogens with zero attached hydrogens (tertiary/aromatic N) is 2. The van der Waals surface area contributed by atoms with E-state index in [0.29, 0.717) is 0 Å². The normalized spacial score (nSPS) is 25.2. The molecule has 6 heteroatoms. The molecule has 1 aliphatic rings. The molecule has 0 bridgehead atoms. The molecule has 0 saturated heterocycles. The van der Waals surface area contributed by atoms with Gasteiger partial charge in [0.25, 0.3) is 0 Å². The molecule has 1 saturated carbocycles. The highest BCUT2D eigenvalue weighted by Crippen LogP contribution is 2.31. The Labute approximate surface area is 117 Å². The highest BCUT2D eigenvalue weighted by molar-refractivity contribution is 5.09. The van der Waals surface area contributed by atoms with Gasteiger partial charge in [0, 0.05) is 12.2 Å². The van der Waals surface area contributed by atoms with Crippen LogP contribution in [0.2, 0.25) is 0 Å². The van der Waals surface area contributed by atoms with Crippen LogP contribution in [0.25, 0.3) is 0 Å². The maximum Gasteiger partial charge on any atom is 0.419 e. The molecule has 1 N–H and O–H groups in total. The average molecular weight is 289 g/mol. The minimum atomic E-state index is -4.31. The summed E-state index contributed by atoms with van der Waals surface area (Å²) in [5.74, 6) is 0. The Hall–Kier alpha value is -1.04. The Balaban J connectivity index is 2.18. The van der Waals surface area contributed by atoms with Crippen molar-refractivity contribution in [3.63, 3.8) is 0 Å². The van der Waals surface area contributed by atoms with Crippen LogP contribution in [0.5, 0.6) is 0 Å². The molecule has 0 amide bonds. The van der Waals surface area contributed by atoms with E-state index in [1.165, 1.54) is 11.1 Å². The van der Waals surface area contributed by atoms with E-state index >= 15 is 0 Å². The van der Waals surface area contributed by atoms with E-state index in [2.05, 4.69) is 10.4 Å². The molecule has 1 fully saturated rings. The Bertz CT molecular complexity index is 414. The van der Waals surface area contributed by atoms with Crippen LogP contribution < -0.4 is 5.32 Å². The maximum absolute atomic E-state index is 12.7. The SMILES string of the molecule is CCNC1CCCCCCC1n1cc(C(F)(F)F)cn1. The molecule has 2 rings (SSSR count). The molecular weight excluding hydrogens is 267 g/mol. The van der Waals surface area contributed by atoms with Gasteiger partial charge in [0.2, 0.25) is 0 Å². The summed E-state index contributed by atoms with van der Waals surface area (Å²) in [5, 5.41) is 7.37. The monoisotopic (exact) mass is 289 g/mol. The topological polar surface area (TPSA) is 29.9 Å². The van der Waals surface area contributed by atoms with Crippen LogP contribution in [0.4, 0.5) is 13.2 Å². The van der Waals surface area contributed by atoms with Gasteiger partial charge < -0.3 is 5.32 Å². The molecule has 0 aliphatic heterocycles. The van der Waals surface area contributed by atoms with E-state index in [9.17, 15) is 13.2 Å². The summed E-state index contributed by atoms with van der Waals surface area (Å²) in [6, 6.07) is 0.229. The van der Waals surface area contributed by atoms with Gasteiger partial charge in [0.15, 0.2) is 0 Å². The minimum Gasteiger partial charge on any atom is -0.312 e. The molecule has 0 spiro atoms. The third-order valence-corrected chi connectivity index (χ3v) is 3.96. The first kappa shape index (κ1) is 15.4. The molecule has 1 aliphatic carbocycles. The van der Waals surface area contributed by atoms with Crippen LogP contribution in [0.15, 0.2) is 12.4 Å². The van der Waals surface area contributed by atoms with Crippen molar-refractivity contribution in [2.24, 2.45) is 0 Å². The van der Waals surface area contributed by atoms with Crippen molar-refractivity contribution < 1.29 is 13.2 Å². The second-order valence-corrected chi connectivity index (χ2v) is 5.43. The number of alkyl halides is 3. The van der Waals surface area contributed by atoms with Crippen molar-refractivity contribution in [3.05, 3.63) is 18.0 Å². The number of likely N-dealkylation sites (N-methyl/N-ethyl adjacent to an activating group) is 1. The summed E-state index contributed by atoms with van der Waals surface area (Å²) in [6.45, 7) is 2.86. The fourth-order valence-electron chi connectivity index (χ4n) is 2.95. The van der Waals surface area contributed by atoms with Crippen molar-refractivity contribution in [1.82, 2.24) is 15.1 Å². The van der Waals surface area contributed by atoms with Crippen LogP contribution in [0, 0.1) is 0 Å². The summed E-state index contributed by atoms with van der Waals surface area (Å²) >= 11 is 0. The lowest BCUT2D eigenvalue weighted by Gasteiger charge is -2.30. The van der Waals surface area contributed by atoms with Crippen LogP contribution in [-0.2, 0) is 6.18 Å². The summed E-state index contributed by atoms with van der Waals surface area (Å²) in [4.78, 5) is 0. The van der Waals surface area contributed by atoms with Crippen molar-refractivity contribution in [1.29, 1.82) is 0 Å². The van der Waals surface area contributed by atoms with Gasteiger partial charge in [0.1, 0.15) is 0 Å². The molecule has 1 heterocycles. The highest BCUT2D eigenvalue weighted by atomic mass is 19.4. The summed E-state index contributed by atoms with van der Waals surface area (Å²) in [6.07, 6.45) is 4.20. The zero-order valence-corrected chi connectivity index (χ0v) is 11.8. The van der Waals surface area contributed by atoms with Gasteiger partial charge >= 0.3 is 6.18 Å². The predicted octanol–water partition coefficient (Wildman–Crippen LogP) is 3.78. The summed E-state index contributed by atoms with van der Waals surface area (Å²) in [7, 11) is 0. The third kappa shape index (κ3) is 3.75. The number of nitrogens with one attached hydrogen (secondary N) is 1. The van der Waals surface area contributed by atoms with E-state index in [1.54, 1.807) is 0 Å². The molecule has 2 unspecified atom stereocenters. The molecular formula is C14H22F3N3. The van der Waals surface area contributed by atoms with Gasteiger partial charge in [-0.05, 0) is 19.4 Å². The maximum atomic E-state index is 12.7. The van der Waals surface area contributed by atoms with E-state index in [-0.39, 0.29) is 12.1 Å². The molecule has 114 valence electrons. The zero-order valence-electron chi connectivity index (χ0n) is 11.8. The van der Waals surface area contributed by atoms with Gasteiger partial charge in [-0.1, -0.05) is 32.6 Å². The molecule has 2 atom stereocenters. The van der Waals surface area contributed by atoms with Gasteiger partial charge in [0.05, 0.1) is 17.8 Å². The van der Waals surface area contributed by atoms with Crippen LogP contribution in [-0.4, -0.2) is 22.4 Å². The van der Waals surface area contributed by atoms with Crippen LogP contribution >= 0.6 is 0 Å². The average Bonchev–Trinajstić information content (AvgIpc) is 2.82. The predicted molar refractivity (Wildman–Crippen MR) is 71.4 cm³/mol. The minimum absolute atomic E-state index is 0.0198. The van der Waals surface area contributed by atoms with Crippen molar-refractivity contribution in [3.8, 4) is 0 Å². The zero-order chi connectivity index (χ0) is 14.6. The Morgan fingerprint density at radius 1 is 1.25 bits per heavy atom. The third-order valence-electron chi connectivity index (χ3n) is 3.96. The van der Waals surface area contributed by atoms with E-state index < -0.39 is 11.7 Å². The first-order valence-corrected chi connectivity index (χ1v) is 7.37. The molecule has 0 aromatic carbocycles. The van der Waals surface area contributed by atoms with Crippen LogP contribution in [0.1, 0.15) is 57.1 Å². The summed E-state index contributed by atoms with van der Waals surface area (Å²) in [5.41, 5.74) is -0.658. The Kier molecular flexibility index (Phi) is 5.07. The summed E-state index contributed by atoms with van der Waals surface area (Å²) < 4.78 is 39.6. The molecule has 3 nitrogen and oxygen atoms in total. The van der Waals surface area contributed by atoms with Crippen molar-refractivity contribution >= 4 is 0 Å². The van der Waals surface area contributed by atoms with Gasteiger partial charge in [-0.25, -0.2) is 0 Å². The second-order valence-electron chi connectivity index (χ2n) is 5.43. The van der Waals surface area contributed by atoms with E-state index in [0.717, 1.165) is 51.0 Å². The number of hydrogen-bond acceptors (Lipinski definition) is 2. The Morgan fingerprint density at radius 2 is 1.95 bits per heavy atom. The fraction of sp³-hybridized carbons (Fsp3) is 0.786. The molecule has 0 radical (unpaired) electrons. The first-order chi connectivity index (χ1) is 9.52. The molecule has 1 aromatic heterocycles. The number of aromatic nitrogens is 2. The Morgan fingerprint density at radius 3 is 2.55 bits per heavy atom. The van der Waals surface area contributed by atoms with Gasteiger partial charge in [-0.2, -0.15) is 18.3 Å². The molecule has 1 aromatic rings. The smallest absolute Gasteiger partial charge is 0.312 e. The van der Waals surface area contributed by atoms with Crippen LogP contribution in [0.3, 0.4) is 0 Å². The lowest BCUT2D eigenvalue weighted by Crippen LogP contribution is -2.38. The highest BCUT2D eigenvalue weighted by Gasteiger charge is 2.33. The lowest BCUT2D eigenvalue weighted by molar-refractivity contribution is -0.137. The quantitative estimate of drug-likeness (QED) is 0.918. The second kappa shape index (κ2) is 6.61. The van der Waals surface area contributed by atoms with Crippen molar-refractivity contribution in [2.45, 2.75) is 63.7 Å². The van der Waals surface area contributed by atoms with E-state index in [4.69, 9.17) is 0 Å². The number of halogens is 3. The number of hydrogen-bond donors (Lipinski definition) is 1. The molecule has 20 heavy (non-hydrogen) atoms. The van der Waals surface area contributed by atoms with Crippen molar-refractivity contribution in [2.75, 3.05) is 6.54 Å². The number of rotatable bonds is 3.